The maximum absolute atomic E-state index is 12.2. The Kier molecular flexibility index (Phi) is 8.70. The van der Waals surface area contributed by atoms with Crippen molar-refractivity contribution in [3.05, 3.63) is 69.8 Å². The van der Waals surface area contributed by atoms with Crippen LogP contribution >= 0.6 is 0 Å². The standard InChI is InChI=1S/C22H25N3O7/c1-14(15-6-4-3-5-7-15)23-20(26)10-11-21(27)24-18(22(28)29)13-16-12-17(25(30)31)8-9-19(16)32-2/h3-9,12,14,18H,10-11,13H2,1-2H3,(H,23,26)(H,24,27)(H,28,29)/t14-,18+/m1/s1. The Morgan fingerprint density at radius 2 is 1.69 bits per heavy atom. The van der Waals surface area contributed by atoms with Gasteiger partial charge in [-0.3, -0.25) is 19.7 Å². The van der Waals surface area contributed by atoms with E-state index in [1.165, 1.54) is 25.3 Å². The van der Waals surface area contributed by atoms with Crippen molar-refractivity contribution in [2.24, 2.45) is 0 Å². The lowest BCUT2D eigenvalue weighted by atomic mass is 10.0. The van der Waals surface area contributed by atoms with Gasteiger partial charge < -0.3 is 20.5 Å². The molecule has 0 aliphatic heterocycles. The molecule has 32 heavy (non-hydrogen) atoms. The maximum Gasteiger partial charge on any atom is 0.326 e. The monoisotopic (exact) mass is 443 g/mol. The Morgan fingerprint density at radius 3 is 2.25 bits per heavy atom. The third-order valence-electron chi connectivity index (χ3n) is 4.79. The zero-order valence-electron chi connectivity index (χ0n) is 17.7. The number of ether oxygens (including phenoxy) is 1. The molecule has 0 saturated heterocycles. The number of non-ortho nitro benzene ring substituents is 1. The molecule has 2 aromatic rings. The van der Waals surface area contributed by atoms with Crippen LogP contribution in [0.1, 0.15) is 36.9 Å². The fourth-order valence-corrected chi connectivity index (χ4v) is 3.09. The van der Waals surface area contributed by atoms with Crippen molar-refractivity contribution in [1.82, 2.24) is 10.6 Å². The number of aliphatic carboxylic acids is 1. The van der Waals surface area contributed by atoms with Gasteiger partial charge in [0.15, 0.2) is 0 Å². The number of hydrogen-bond donors (Lipinski definition) is 3. The van der Waals surface area contributed by atoms with Crippen molar-refractivity contribution >= 4 is 23.5 Å². The van der Waals surface area contributed by atoms with Crippen LogP contribution in [0.3, 0.4) is 0 Å². The van der Waals surface area contributed by atoms with E-state index in [1.807, 2.05) is 37.3 Å². The van der Waals surface area contributed by atoms with E-state index in [0.29, 0.717) is 0 Å². The Labute approximate surface area is 184 Å². The van der Waals surface area contributed by atoms with Crippen molar-refractivity contribution < 1.29 is 29.2 Å². The molecule has 10 nitrogen and oxygen atoms in total. The highest BCUT2D eigenvalue weighted by Crippen LogP contribution is 2.25. The van der Waals surface area contributed by atoms with Crippen LogP contribution in [0.15, 0.2) is 48.5 Å². The molecule has 2 rings (SSSR count). The number of methoxy groups -OCH3 is 1. The molecule has 2 atom stereocenters. The lowest BCUT2D eigenvalue weighted by molar-refractivity contribution is -0.384. The van der Waals surface area contributed by atoms with Crippen molar-refractivity contribution in [3.63, 3.8) is 0 Å². The fourth-order valence-electron chi connectivity index (χ4n) is 3.09. The van der Waals surface area contributed by atoms with E-state index in [2.05, 4.69) is 10.6 Å². The van der Waals surface area contributed by atoms with Crippen LogP contribution in [0.5, 0.6) is 5.75 Å². The lowest BCUT2D eigenvalue weighted by Crippen LogP contribution is -2.42. The van der Waals surface area contributed by atoms with E-state index in [9.17, 15) is 29.6 Å². The van der Waals surface area contributed by atoms with Crippen molar-refractivity contribution in [3.8, 4) is 5.75 Å². The number of nitrogens with one attached hydrogen (secondary N) is 2. The number of nitro groups is 1. The maximum atomic E-state index is 12.2. The van der Waals surface area contributed by atoms with Crippen LogP contribution in [0.2, 0.25) is 0 Å². The van der Waals surface area contributed by atoms with Gasteiger partial charge in [0.2, 0.25) is 11.8 Å². The SMILES string of the molecule is COc1ccc([N+](=O)[O-])cc1C[C@H](NC(=O)CCC(=O)N[C@H](C)c1ccccc1)C(=O)O. The number of hydrogen-bond acceptors (Lipinski definition) is 6. The summed E-state index contributed by atoms with van der Waals surface area (Å²) in [6.45, 7) is 1.82. The minimum absolute atomic E-state index is 0.116. The Bertz CT molecular complexity index is 979. The van der Waals surface area contributed by atoms with Crippen molar-refractivity contribution in [2.75, 3.05) is 7.11 Å². The normalized spacial score (nSPS) is 12.3. The van der Waals surface area contributed by atoms with Gasteiger partial charge in [0.1, 0.15) is 11.8 Å². The van der Waals surface area contributed by atoms with Crippen LogP contribution in [0.4, 0.5) is 5.69 Å². The number of benzene rings is 2. The Morgan fingerprint density at radius 1 is 1.06 bits per heavy atom. The molecular formula is C22H25N3O7. The summed E-state index contributed by atoms with van der Waals surface area (Å²) in [7, 11) is 1.36. The van der Waals surface area contributed by atoms with Crippen molar-refractivity contribution in [1.29, 1.82) is 0 Å². The van der Waals surface area contributed by atoms with Gasteiger partial charge >= 0.3 is 5.97 Å². The summed E-state index contributed by atoms with van der Waals surface area (Å²) in [6.07, 6.45) is -0.540. The molecule has 0 aliphatic rings. The Balaban J connectivity index is 1.95. The van der Waals surface area contributed by atoms with Crippen LogP contribution in [0, 0.1) is 10.1 Å². The molecule has 3 N–H and O–H groups in total. The highest BCUT2D eigenvalue weighted by molar-refractivity contribution is 5.87. The zero-order chi connectivity index (χ0) is 23.7. The average molecular weight is 443 g/mol. The van der Waals surface area contributed by atoms with Gasteiger partial charge in [0, 0.05) is 37.0 Å². The molecule has 170 valence electrons. The molecule has 0 unspecified atom stereocenters. The molecule has 0 heterocycles. The first-order valence-electron chi connectivity index (χ1n) is 9.89. The largest absolute Gasteiger partial charge is 0.496 e. The predicted molar refractivity (Wildman–Crippen MR) is 115 cm³/mol. The number of nitrogens with zero attached hydrogens (tertiary/aromatic N) is 1. The summed E-state index contributed by atoms with van der Waals surface area (Å²) in [5.41, 5.74) is 0.964. The fraction of sp³-hybridized carbons (Fsp3) is 0.318. The molecule has 0 radical (unpaired) electrons. The van der Waals surface area contributed by atoms with E-state index in [-0.39, 0.29) is 48.2 Å². The summed E-state index contributed by atoms with van der Waals surface area (Å²) in [5.74, 6) is -2.01. The molecule has 10 heteroatoms. The van der Waals surface area contributed by atoms with Crippen molar-refractivity contribution in [2.45, 2.75) is 38.3 Å². The minimum atomic E-state index is -1.34. The molecule has 0 spiro atoms. The van der Waals surface area contributed by atoms with Crippen LogP contribution in [0.25, 0.3) is 0 Å². The van der Waals surface area contributed by atoms with E-state index in [4.69, 9.17) is 4.74 Å². The second-order valence-electron chi connectivity index (χ2n) is 7.12. The quantitative estimate of drug-likeness (QED) is 0.357. The van der Waals surface area contributed by atoms with Crippen LogP contribution in [-0.2, 0) is 20.8 Å². The first-order chi connectivity index (χ1) is 15.2. The van der Waals surface area contributed by atoms with Gasteiger partial charge in [-0.1, -0.05) is 30.3 Å². The molecule has 0 aliphatic carbocycles. The minimum Gasteiger partial charge on any atom is -0.496 e. The molecule has 0 saturated carbocycles. The summed E-state index contributed by atoms with van der Waals surface area (Å²) in [5, 5.41) is 25.6. The first kappa shape index (κ1) is 24.3. The smallest absolute Gasteiger partial charge is 0.326 e. The third kappa shape index (κ3) is 7.08. The molecule has 2 amide bonds. The topological polar surface area (TPSA) is 148 Å². The Hall–Kier alpha value is -3.95. The number of rotatable bonds is 11. The molecule has 0 aromatic heterocycles. The highest BCUT2D eigenvalue weighted by atomic mass is 16.6. The van der Waals surface area contributed by atoms with Gasteiger partial charge in [-0.2, -0.15) is 0 Å². The average Bonchev–Trinajstić information content (AvgIpc) is 2.77. The second kappa shape index (κ2) is 11.4. The van der Waals surface area contributed by atoms with Gasteiger partial charge in [-0.25, -0.2) is 4.79 Å². The highest BCUT2D eigenvalue weighted by Gasteiger charge is 2.24. The predicted octanol–water partition coefficient (Wildman–Crippen LogP) is 2.37. The van der Waals surface area contributed by atoms with Gasteiger partial charge in [0.05, 0.1) is 18.1 Å². The van der Waals surface area contributed by atoms with Gasteiger partial charge in [0.25, 0.3) is 5.69 Å². The van der Waals surface area contributed by atoms with E-state index in [0.717, 1.165) is 5.56 Å². The molecule has 0 fully saturated rings. The van der Waals surface area contributed by atoms with Gasteiger partial charge in [-0.15, -0.1) is 0 Å². The number of carboxylic acids is 1. The summed E-state index contributed by atoms with van der Waals surface area (Å²) in [4.78, 5) is 46.4. The molecule has 2 aromatic carbocycles. The van der Waals surface area contributed by atoms with E-state index >= 15 is 0 Å². The van der Waals surface area contributed by atoms with Gasteiger partial charge in [-0.05, 0) is 18.6 Å². The second-order valence-corrected chi connectivity index (χ2v) is 7.12. The zero-order valence-corrected chi connectivity index (χ0v) is 17.7. The van der Waals surface area contributed by atoms with Crippen LogP contribution < -0.4 is 15.4 Å². The molecule has 0 bridgehead atoms. The number of carbonyl (C=O) groups is 3. The summed E-state index contributed by atoms with van der Waals surface area (Å²) in [6, 6.07) is 11.6. The number of nitro benzene ring substituents is 1. The third-order valence-corrected chi connectivity index (χ3v) is 4.79. The number of amides is 2. The van der Waals surface area contributed by atoms with E-state index in [1.54, 1.807) is 0 Å². The number of carbonyl (C=O) groups excluding carboxylic acids is 2. The lowest BCUT2D eigenvalue weighted by Gasteiger charge is -2.17. The summed E-state index contributed by atoms with van der Waals surface area (Å²) >= 11 is 0. The van der Waals surface area contributed by atoms with E-state index < -0.39 is 22.8 Å². The number of carboxylic acid groups (broad SMARTS) is 1. The first-order valence-corrected chi connectivity index (χ1v) is 9.89. The van der Waals surface area contributed by atoms with Crippen LogP contribution in [-0.4, -0.2) is 41.0 Å². The molecular weight excluding hydrogens is 418 g/mol. The summed E-state index contributed by atoms with van der Waals surface area (Å²) < 4.78 is 5.14.